The molecule has 0 saturated heterocycles. The molecule has 3 aromatic rings. The summed E-state index contributed by atoms with van der Waals surface area (Å²) in [4.78, 5) is 0. The minimum atomic E-state index is 0.102. The standard InChI is InChI=1S/C20H18N2O3/c1-23-15-6-4-13(5-7-15)20-16-3-2-8-22(16)17-10-19-18(24-12-25-19)9-14(17)11-21-20/h2-10,20-21H,11-12H2,1H3/t20-/m1/s1. The van der Waals surface area contributed by atoms with Crippen LogP contribution in [0.25, 0.3) is 5.69 Å². The van der Waals surface area contributed by atoms with Crippen LogP contribution in [0.2, 0.25) is 0 Å². The van der Waals surface area contributed by atoms with Gasteiger partial charge in [-0.2, -0.15) is 0 Å². The zero-order valence-electron chi connectivity index (χ0n) is 13.9. The minimum Gasteiger partial charge on any atom is -0.497 e. The fourth-order valence-electron chi connectivity index (χ4n) is 3.59. The van der Waals surface area contributed by atoms with Crippen LogP contribution in [0.15, 0.2) is 54.7 Å². The maximum absolute atomic E-state index is 5.56. The molecular weight excluding hydrogens is 316 g/mol. The van der Waals surface area contributed by atoms with Crippen molar-refractivity contribution in [3.8, 4) is 22.9 Å². The lowest BCUT2D eigenvalue weighted by atomic mass is 10.0. The molecule has 0 spiro atoms. The van der Waals surface area contributed by atoms with E-state index < -0.39 is 0 Å². The number of fused-ring (bicyclic) bond motifs is 4. The maximum atomic E-state index is 5.56. The van der Waals surface area contributed by atoms with Gasteiger partial charge in [-0.05, 0) is 41.5 Å². The average Bonchev–Trinajstić information content (AvgIpc) is 3.28. The molecule has 2 aromatic carbocycles. The molecule has 0 aliphatic carbocycles. The fraction of sp³-hybridized carbons (Fsp3) is 0.200. The van der Waals surface area contributed by atoms with Crippen LogP contribution >= 0.6 is 0 Å². The SMILES string of the molecule is COc1ccc([C@H]2NCc3cc4c(cc3-n3cccc32)OCO4)cc1. The van der Waals surface area contributed by atoms with Gasteiger partial charge in [-0.15, -0.1) is 0 Å². The van der Waals surface area contributed by atoms with E-state index in [4.69, 9.17) is 14.2 Å². The molecule has 25 heavy (non-hydrogen) atoms. The van der Waals surface area contributed by atoms with Crippen molar-refractivity contribution < 1.29 is 14.2 Å². The Morgan fingerprint density at radius 3 is 2.68 bits per heavy atom. The molecule has 5 nitrogen and oxygen atoms in total. The van der Waals surface area contributed by atoms with Gasteiger partial charge in [0.1, 0.15) is 5.75 Å². The Hall–Kier alpha value is -2.92. The maximum Gasteiger partial charge on any atom is 0.231 e. The van der Waals surface area contributed by atoms with Crippen molar-refractivity contribution in [1.82, 2.24) is 9.88 Å². The fourth-order valence-corrected chi connectivity index (χ4v) is 3.59. The minimum absolute atomic E-state index is 0.102. The van der Waals surface area contributed by atoms with E-state index in [9.17, 15) is 0 Å². The van der Waals surface area contributed by atoms with Gasteiger partial charge in [-0.3, -0.25) is 0 Å². The lowest BCUT2D eigenvalue weighted by Gasteiger charge is -2.18. The second-order valence-corrected chi connectivity index (χ2v) is 6.22. The van der Waals surface area contributed by atoms with Crippen LogP contribution in [-0.4, -0.2) is 18.5 Å². The topological polar surface area (TPSA) is 44.7 Å². The number of aromatic nitrogens is 1. The molecule has 0 radical (unpaired) electrons. The van der Waals surface area contributed by atoms with Crippen LogP contribution in [0.5, 0.6) is 17.2 Å². The van der Waals surface area contributed by atoms with E-state index >= 15 is 0 Å². The normalized spacial score (nSPS) is 17.6. The molecule has 0 unspecified atom stereocenters. The summed E-state index contributed by atoms with van der Waals surface area (Å²) in [5.74, 6) is 2.49. The van der Waals surface area contributed by atoms with Gasteiger partial charge < -0.3 is 24.1 Å². The van der Waals surface area contributed by atoms with Gasteiger partial charge in [0.25, 0.3) is 0 Å². The van der Waals surface area contributed by atoms with Gasteiger partial charge in [0.2, 0.25) is 6.79 Å². The summed E-state index contributed by atoms with van der Waals surface area (Å²) in [6.07, 6.45) is 2.10. The highest BCUT2D eigenvalue weighted by molar-refractivity contribution is 5.57. The zero-order valence-corrected chi connectivity index (χ0v) is 13.9. The van der Waals surface area contributed by atoms with Gasteiger partial charge in [-0.1, -0.05) is 12.1 Å². The highest BCUT2D eigenvalue weighted by atomic mass is 16.7. The van der Waals surface area contributed by atoms with Crippen LogP contribution in [0.4, 0.5) is 0 Å². The number of rotatable bonds is 2. The van der Waals surface area contributed by atoms with E-state index in [0.29, 0.717) is 6.79 Å². The van der Waals surface area contributed by atoms with E-state index in [1.165, 1.54) is 16.8 Å². The quantitative estimate of drug-likeness (QED) is 0.780. The number of ether oxygens (including phenoxy) is 3. The second-order valence-electron chi connectivity index (χ2n) is 6.22. The van der Waals surface area contributed by atoms with Crippen molar-refractivity contribution in [3.05, 3.63) is 71.5 Å². The summed E-state index contributed by atoms with van der Waals surface area (Å²) in [5.41, 5.74) is 4.72. The molecule has 0 amide bonds. The third-order valence-electron chi connectivity index (χ3n) is 4.86. The molecule has 3 heterocycles. The predicted molar refractivity (Wildman–Crippen MR) is 93.6 cm³/mol. The molecule has 5 rings (SSSR count). The van der Waals surface area contributed by atoms with Crippen molar-refractivity contribution in [2.75, 3.05) is 13.9 Å². The summed E-state index contributed by atoms with van der Waals surface area (Å²) in [7, 11) is 1.68. The molecule has 5 heteroatoms. The number of nitrogens with zero attached hydrogens (tertiary/aromatic N) is 1. The molecule has 2 aliphatic rings. The van der Waals surface area contributed by atoms with Crippen LogP contribution in [0.1, 0.15) is 22.9 Å². The largest absolute Gasteiger partial charge is 0.497 e. The number of nitrogens with one attached hydrogen (secondary N) is 1. The lowest BCUT2D eigenvalue weighted by molar-refractivity contribution is 0.174. The Labute approximate surface area is 145 Å². The van der Waals surface area contributed by atoms with E-state index in [0.717, 1.165) is 29.5 Å². The summed E-state index contributed by atoms with van der Waals surface area (Å²) in [6.45, 7) is 1.04. The molecule has 0 saturated carbocycles. The molecular formula is C20H18N2O3. The first kappa shape index (κ1) is 14.4. The number of hydrogen-bond donors (Lipinski definition) is 1. The van der Waals surface area contributed by atoms with Crippen LogP contribution in [-0.2, 0) is 6.54 Å². The number of methoxy groups -OCH3 is 1. The van der Waals surface area contributed by atoms with E-state index in [2.05, 4.69) is 52.5 Å². The van der Waals surface area contributed by atoms with Gasteiger partial charge >= 0.3 is 0 Å². The van der Waals surface area contributed by atoms with Gasteiger partial charge in [-0.25, -0.2) is 0 Å². The third kappa shape index (κ3) is 2.27. The van der Waals surface area contributed by atoms with Gasteiger partial charge in [0, 0.05) is 24.5 Å². The Balaban J connectivity index is 1.61. The molecule has 0 bridgehead atoms. The number of benzene rings is 2. The Morgan fingerprint density at radius 2 is 1.88 bits per heavy atom. The van der Waals surface area contributed by atoms with Gasteiger partial charge in [0.05, 0.1) is 18.8 Å². The van der Waals surface area contributed by atoms with Crippen molar-refractivity contribution in [3.63, 3.8) is 0 Å². The van der Waals surface area contributed by atoms with Crippen LogP contribution < -0.4 is 19.5 Å². The molecule has 1 atom stereocenters. The predicted octanol–water partition coefficient (Wildman–Crippen LogP) is 3.41. The molecule has 1 aromatic heterocycles. The Kier molecular flexibility index (Phi) is 3.21. The smallest absolute Gasteiger partial charge is 0.231 e. The second kappa shape index (κ2) is 5.57. The van der Waals surface area contributed by atoms with E-state index in [1.807, 2.05) is 12.1 Å². The number of hydrogen-bond acceptors (Lipinski definition) is 4. The summed E-state index contributed by atoms with van der Waals surface area (Å²) >= 11 is 0. The van der Waals surface area contributed by atoms with Crippen molar-refractivity contribution in [1.29, 1.82) is 0 Å². The Morgan fingerprint density at radius 1 is 1.08 bits per heavy atom. The third-order valence-corrected chi connectivity index (χ3v) is 4.86. The van der Waals surface area contributed by atoms with Crippen molar-refractivity contribution in [2.45, 2.75) is 12.6 Å². The first-order chi connectivity index (χ1) is 12.3. The van der Waals surface area contributed by atoms with Gasteiger partial charge in [0.15, 0.2) is 11.5 Å². The average molecular weight is 334 g/mol. The van der Waals surface area contributed by atoms with Crippen LogP contribution in [0.3, 0.4) is 0 Å². The first-order valence-corrected chi connectivity index (χ1v) is 8.31. The van der Waals surface area contributed by atoms with Crippen molar-refractivity contribution >= 4 is 0 Å². The zero-order chi connectivity index (χ0) is 16.8. The lowest BCUT2D eigenvalue weighted by Crippen LogP contribution is -2.21. The van der Waals surface area contributed by atoms with E-state index in [-0.39, 0.29) is 6.04 Å². The van der Waals surface area contributed by atoms with Crippen LogP contribution in [0, 0.1) is 0 Å². The first-order valence-electron chi connectivity index (χ1n) is 8.31. The van der Waals surface area contributed by atoms with Crippen molar-refractivity contribution in [2.24, 2.45) is 0 Å². The highest BCUT2D eigenvalue weighted by Gasteiger charge is 2.25. The summed E-state index contributed by atoms with van der Waals surface area (Å²) in [5, 5.41) is 3.67. The monoisotopic (exact) mass is 334 g/mol. The molecule has 0 fully saturated rings. The molecule has 126 valence electrons. The molecule has 2 aliphatic heterocycles. The summed E-state index contributed by atoms with van der Waals surface area (Å²) in [6, 6.07) is 16.7. The highest BCUT2D eigenvalue weighted by Crippen LogP contribution is 2.39. The van der Waals surface area contributed by atoms with E-state index in [1.54, 1.807) is 7.11 Å². The Bertz CT molecular complexity index is 931. The summed E-state index contributed by atoms with van der Waals surface area (Å²) < 4.78 is 18.6. The molecule has 1 N–H and O–H groups in total.